The van der Waals surface area contributed by atoms with Gasteiger partial charge in [0.05, 0.1) is 13.0 Å². The summed E-state index contributed by atoms with van der Waals surface area (Å²) in [6, 6.07) is 8.78. The standard InChI is InChI=1S/C15H17N3O4/c1-2-22-13-5-3-12(4-6-13)18-10-11(9-16)15(21)17-8-7-14(19)20/h3-6,10,18H,2,7-8H2,1H3,(H,17,21)(H,19,20)/b11-10-. The molecular formula is C15H17N3O4. The lowest BCUT2D eigenvalue weighted by molar-refractivity contribution is -0.136. The molecule has 1 aromatic rings. The Hall–Kier alpha value is -3.01. The summed E-state index contributed by atoms with van der Waals surface area (Å²) in [7, 11) is 0. The molecule has 1 rings (SSSR count). The average molecular weight is 303 g/mol. The Bertz CT molecular complexity index is 588. The molecule has 0 radical (unpaired) electrons. The molecule has 3 N–H and O–H groups in total. The number of hydrogen-bond acceptors (Lipinski definition) is 5. The first-order valence-corrected chi connectivity index (χ1v) is 6.66. The van der Waals surface area contributed by atoms with Gasteiger partial charge in [-0.3, -0.25) is 9.59 Å². The second-order valence-corrected chi connectivity index (χ2v) is 4.17. The van der Waals surface area contributed by atoms with Crippen LogP contribution in [0.2, 0.25) is 0 Å². The highest BCUT2D eigenvalue weighted by Gasteiger charge is 2.08. The van der Waals surface area contributed by atoms with Gasteiger partial charge >= 0.3 is 5.97 Å². The van der Waals surface area contributed by atoms with Gasteiger partial charge in [0.1, 0.15) is 17.4 Å². The molecule has 22 heavy (non-hydrogen) atoms. The second kappa shape index (κ2) is 9.02. The molecule has 1 amide bonds. The monoisotopic (exact) mass is 303 g/mol. The SMILES string of the molecule is CCOc1ccc(N/C=C(/C#N)C(=O)NCCC(=O)O)cc1. The second-order valence-electron chi connectivity index (χ2n) is 4.17. The van der Waals surface area contributed by atoms with E-state index in [0.717, 1.165) is 5.75 Å². The Labute approximate surface area is 128 Å². The van der Waals surface area contributed by atoms with Crippen molar-refractivity contribution in [3.8, 4) is 11.8 Å². The van der Waals surface area contributed by atoms with Crippen LogP contribution in [0.1, 0.15) is 13.3 Å². The van der Waals surface area contributed by atoms with E-state index in [9.17, 15) is 9.59 Å². The van der Waals surface area contributed by atoms with E-state index in [-0.39, 0.29) is 18.5 Å². The molecule has 0 saturated heterocycles. The number of nitriles is 1. The van der Waals surface area contributed by atoms with E-state index in [1.807, 2.05) is 6.92 Å². The van der Waals surface area contributed by atoms with Crippen LogP contribution >= 0.6 is 0 Å². The average Bonchev–Trinajstić information content (AvgIpc) is 2.49. The quantitative estimate of drug-likeness (QED) is 0.495. The van der Waals surface area contributed by atoms with Crippen LogP contribution in [0.3, 0.4) is 0 Å². The largest absolute Gasteiger partial charge is 0.494 e. The van der Waals surface area contributed by atoms with Gasteiger partial charge in [-0.1, -0.05) is 0 Å². The molecule has 0 unspecified atom stereocenters. The van der Waals surface area contributed by atoms with Crippen LogP contribution in [0.25, 0.3) is 0 Å². The normalized spacial score (nSPS) is 10.5. The predicted molar refractivity (Wildman–Crippen MR) is 80.2 cm³/mol. The van der Waals surface area contributed by atoms with Crippen molar-refractivity contribution in [2.45, 2.75) is 13.3 Å². The van der Waals surface area contributed by atoms with Crippen LogP contribution in [0.5, 0.6) is 5.75 Å². The summed E-state index contributed by atoms with van der Waals surface area (Å²) in [6.07, 6.45) is 1.07. The number of carbonyl (C=O) groups is 2. The molecule has 116 valence electrons. The van der Waals surface area contributed by atoms with Gasteiger partial charge in [0.15, 0.2) is 0 Å². The number of amides is 1. The summed E-state index contributed by atoms with van der Waals surface area (Å²) in [6.45, 7) is 2.43. The fourth-order valence-electron chi connectivity index (χ4n) is 1.50. The number of hydrogen-bond donors (Lipinski definition) is 3. The van der Waals surface area contributed by atoms with Gasteiger partial charge in [-0.25, -0.2) is 0 Å². The Morgan fingerprint density at radius 2 is 2.05 bits per heavy atom. The van der Waals surface area contributed by atoms with Crippen LogP contribution in [-0.4, -0.2) is 30.1 Å². The van der Waals surface area contributed by atoms with Crippen molar-refractivity contribution in [2.75, 3.05) is 18.5 Å². The summed E-state index contributed by atoms with van der Waals surface area (Å²) in [5.74, 6) is -0.915. The van der Waals surface area contributed by atoms with Crippen molar-refractivity contribution in [3.05, 3.63) is 36.0 Å². The topological polar surface area (TPSA) is 111 Å². The highest BCUT2D eigenvalue weighted by molar-refractivity contribution is 5.97. The maximum atomic E-state index is 11.7. The summed E-state index contributed by atoms with van der Waals surface area (Å²) >= 11 is 0. The fraction of sp³-hybridized carbons (Fsp3) is 0.267. The van der Waals surface area contributed by atoms with Crippen molar-refractivity contribution in [3.63, 3.8) is 0 Å². The minimum absolute atomic E-state index is 0.0315. The Balaban J connectivity index is 2.59. The van der Waals surface area contributed by atoms with E-state index in [0.29, 0.717) is 12.3 Å². The fourth-order valence-corrected chi connectivity index (χ4v) is 1.50. The van der Waals surface area contributed by atoms with Gasteiger partial charge < -0.3 is 20.5 Å². The lowest BCUT2D eigenvalue weighted by Crippen LogP contribution is -2.27. The number of carbonyl (C=O) groups excluding carboxylic acids is 1. The highest BCUT2D eigenvalue weighted by atomic mass is 16.5. The number of benzene rings is 1. The maximum Gasteiger partial charge on any atom is 0.305 e. The number of anilines is 1. The molecular weight excluding hydrogens is 286 g/mol. The third-order valence-electron chi connectivity index (χ3n) is 2.54. The van der Waals surface area contributed by atoms with Crippen molar-refractivity contribution in [1.82, 2.24) is 5.32 Å². The Morgan fingerprint density at radius 1 is 1.36 bits per heavy atom. The summed E-state index contributed by atoms with van der Waals surface area (Å²) < 4.78 is 5.30. The van der Waals surface area contributed by atoms with E-state index in [4.69, 9.17) is 15.1 Å². The van der Waals surface area contributed by atoms with E-state index >= 15 is 0 Å². The van der Waals surface area contributed by atoms with E-state index < -0.39 is 11.9 Å². The summed E-state index contributed by atoms with van der Waals surface area (Å²) in [5.41, 5.74) is 0.550. The molecule has 7 nitrogen and oxygen atoms in total. The molecule has 0 spiro atoms. The van der Waals surface area contributed by atoms with Gasteiger partial charge in [-0.2, -0.15) is 5.26 Å². The number of carboxylic acids is 1. The smallest absolute Gasteiger partial charge is 0.305 e. The van der Waals surface area contributed by atoms with Crippen molar-refractivity contribution < 1.29 is 19.4 Å². The molecule has 0 atom stereocenters. The Morgan fingerprint density at radius 3 is 2.59 bits per heavy atom. The molecule has 0 aromatic heterocycles. The van der Waals surface area contributed by atoms with Gasteiger partial charge in [0.2, 0.25) is 0 Å². The van der Waals surface area contributed by atoms with Crippen LogP contribution < -0.4 is 15.4 Å². The first-order valence-electron chi connectivity index (χ1n) is 6.66. The van der Waals surface area contributed by atoms with Crippen LogP contribution in [0.15, 0.2) is 36.0 Å². The first-order chi connectivity index (χ1) is 10.6. The molecule has 1 aromatic carbocycles. The zero-order chi connectivity index (χ0) is 16.4. The molecule has 7 heteroatoms. The van der Waals surface area contributed by atoms with E-state index in [2.05, 4.69) is 10.6 Å². The minimum atomic E-state index is -1.02. The van der Waals surface area contributed by atoms with Gasteiger partial charge in [-0.05, 0) is 31.2 Å². The van der Waals surface area contributed by atoms with E-state index in [1.165, 1.54) is 6.20 Å². The number of ether oxygens (including phenoxy) is 1. The number of nitrogens with zero attached hydrogens (tertiary/aromatic N) is 1. The summed E-state index contributed by atoms with van der Waals surface area (Å²) in [5, 5.41) is 22.6. The van der Waals surface area contributed by atoms with Gasteiger partial charge in [-0.15, -0.1) is 0 Å². The molecule has 0 heterocycles. The third-order valence-corrected chi connectivity index (χ3v) is 2.54. The van der Waals surface area contributed by atoms with Gasteiger partial charge in [0, 0.05) is 18.4 Å². The molecule has 0 aliphatic heterocycles. The zero-order valence-corrected chi connectivity index (χ0v) is 12.1. The molecule has 0 bridgehead atoms. The predicted octanol–water partition coefficient (Wildman–Crippen LogP) is 1.50. The molecule has 0 aliphatic carbocycles. The van der Waals surface area contributed by atoms with Crippen LogP contribution in [-0.2, 0) is 9.59 Å². The number of nitrogens with one attached hydrogen (secondary N) is 2. The van der Waals surface area contributed by atoms with Crippen molar-refractivity contribution in [2.24, 2.45) is 0 Å². The first kappa shape index (κ1) is 17.0. The number of rotatable bonds is 8. The molecule has 0 fully saturated rings. The Kier molecular flexibility index (Phi) is 6.99. The van der Waals surface area contributed by atoms with Crippen molar-refractivity contribution in [1.29, 1.82) is 5.26 Å². The highest BCUT2D eigenvalue weighted by Crippen LogP contribution is 2.15. The van der Waals surface area contributed by atoms with Crippen molar-refractivity contribution >= 4 is 17.6 Å². The number of carboxylic acid groups (broad SMARTS) is 1. The van der Waals surface area contributed by atoms with Gasteiger partial charge in [0.25, 0.3) is 5.91 Å². The van der Waals surface area contributed by atoms with Crippen LogP contribution in [0, 0.1) is 11.3 Å². The van der Waals surface area contributed by atoms with E-state index in [1.54, 1.807) is 30.3 Å². The minimum Gasteiger partial charge on any atom is -0.494 e. The molecule has 0 aliphatic rings. The summed E-state index contributed by atoms with van der Waals surface area (Å²) in [4.78, 5) is 22.0. The third kappa shape index (κ3) is 5.96. The number of aliphatic carboxylic acids is 1. The maximum absolute atomic E-state index is 11.7. The zero-order valence-electron chi connectivity index (χ0n) is 12.1. The van der Waals surface area contributed by atoms with Crippen LogP contribution in [0.4, 0.5) is 5.69 Å². The lowest BCUT2D eigenvalue weighted by Gasteiger charge is -2.06. The lowest BCUT2D eigenvalue weighted by atomic mass is 10.2. The molecule has 0 saturated carbocycles.